The summed E-state index contributed by atoms with van der Waals surface area (Å²) < 4.78 is 0. The van der Waals surface area contributed by atoms with Gasteiger partial charge in [-0.15, -0.1) is 0 Å². The van der Waals surface area contributed by atoms with E-state index in [1.165, 1.54) is 0 Å². The van der Waals surface area contributed by atoms with Crippen LogP contribution in [0.25, 0.3) is 0 Å². The fourth-order valence-corrected chi connectivity index (χ4v) is 3.13. The third-order valence-corrected chi connectivity index (χ3v) is 4.95. The fourth-order valence-electron chi connectivity index (χ4n) is 3.13. The van der Waals surface area contributed by atoms with E-state index >= 15 is 0 Å². The minimum absolute atomic E-state index is 0.165. The molecule has 1 saturated carbocycles. The molecule has 1 N–H and O–H groups in total. The molecule has 1 aliphatic heterocycles. The number of piperazine rings is 1. The zero-order valence-electron chi connectivity index (χ0n) is 11.1. The van der Waals surface area contributed by atoms with Gasteiger partial charge in [-0.3, -0.25) is 4.79 Å². The zero-order chi connectivity index (χ0) is 12.1. The molecule has 0 bridgehead atoms. The molecule has 0 radical (unpaired) electrons. The third-order valence-electron chi connectivity index (χ3n) is 4.95. The van der Waals surface area contributed by atoms with Crippen molar-refractivity contribution in [3.8, 4) is 0 Å². The summed E-state index contributed by atoms with van der Waals surface area (Å²) >= 11 is 0. The van der Waals surface area contributed by atoms with E-state index in [-0.39, 0.29) is 16.7 Å². The van der Waals surface area contributed by atoms with Gasteiger partial charge < -0.3 is 10.2 Å². The molecular weight excluding hydrogens is 200 g/mol. The van der Waals surface area contributed by atoms with Crippen molar-refractivity contribution >= 4 is 5.91 Å². The van der Waals surface area contributed by atoms with E-state index in [9.17, 15) is 4.79 Å². The van der Waals surface area contributed by atoms with Crippen LogP contribution in [0.15, 0.2) is 0 Å². The van der Waals surface area contributed by atoms with Crippen molar-refractivity contribution in [2.24, 2.45) is 16.7 Å². The van der Waals surface area contributed by atoms with E-state index in [1.807, 2.05) is 4.90 Å². The Morgan fingerprint density at radius 1 is 1.25 bits per heavy atom. The highest BCUT2D eigenvalue weighted by Gasteiger charge is 2.68. The van der Waals surface area contributed by atoms with Gasteiger partial charge in [0.15, 0.2) is 0 Å². The van der Waals surface area contributed by atoms with Crippen LogP contribution in [0, 0.1) is 16.7 Å². The van der Waals surface area contributed by atoms with Gasteiger partial charge in [0.05, 0.1) is 0 Å². The highest BCUT2D eigenvalue weighted by molar-refractivity contribution is 5.84. The molecule has 2 rings (SSSR count). The molecular formula is C13H24N2O. The van der Waals surface area contributed by atoms with Gasteiger partial charge in [0, 0.05) is 31.6 Å². The van der Waals surface area contributed by atoms with Crippen molar-refractivity contribution in [3.05, 3.63) is 0 Å². The number of hydrogen-bond donors (Lipinski definition) is 1. The maximum absolute atomic E-state index is 12.4. The first kappa shape index (κ1) is 11.9. The molecule has 16 heavy (non-hydrogen) atoms. The number of rotatable bonds is 1. The number of nitrogens with one attached hydrogen (secondary N) is 1. The van der Waals surface area contributed by atoms with E-state index in [0.29, 0.717) is 11.9 Å². The van der Waals surface area contributed by atoms with Gasteiger partial charge in [0.1, 0.15) is 0 Å². The summed E-state index contributed by atoms with van der Waals surface area (Å²) in [6.45, 7) is 13.6. The Bertz CT molecular complexity index is 295. The minimum Gasteiger partial charge on any atom is -0.340 e. The van der Waals surface area contributed by atoms with Crippen LogP contribution < -0.4 is 5.32 Å². The lowest BCUT2D eigenvalue weighted by Gasteiger charge is -2.32. The molecule has 0 spiro atoms. The van der Waals surface area contributed by atoms with Gasteiger partial charge in [0.2, 0.25) is 5.91 Å². The molecule has 3 nitrogen and oxygen atoms in total. The Hall–Kier alpha value is -0.570. The molecule has 2 aliphatic rings. The Morgan fingerprint density at radius 3 is 2.25 bits per heavy atom. The number of carbonyl (C=O) groups is 1. The van der Waals surface area contributed by atoms with Crippen molar-refractivity contribution in [2.45, 2.75) is 40.7 Å². The number of carbonyl (C=O) groups excluding carboxylic acids is 1. The lowest BCUT2D eigenvalue weighted by atomic mass is 10.0. The number of hydrogen-bond acceptors (Lipinski definition) is 2. The minimum atomic E-state index is 0.165. The normalized spacial score (nSPS) is 32.6. The van der Waals surface area contributed by atoms with Crippen LogP contribution >= 0.6 is 0 Å². The monoisotopic (exact) mass is 224 g/mol. The summed E-state index contributed by atoms with van der Waals surface area (Å²) in [6, 6.07) is 0.433. The van der Waals surface area contributed by atoms with Gasteiger partial charge in [-0.2, -0.15) is 0 Å². The van der Waals surface area contributed by atoms with Crippen molar-refractivity contribution in [1.29, 1.82) is 0 Å². The predicted molar refractivity (Wildman–Crippen MR) is 65.1 cm³/mol. The molecule has 3 heteroatoms. The van der Waals surface area contributed by atoms with Gasteiger partial charge in [-0.05, 0) is 17.8 Å². The molecule has 1 amide bonds. The molecule has 2 fully saturated rings. The molecule has 92 valence electrons. The standard InChI is InChI=1S/C13H24N2O/c1-9-8-15(7-6-14-9)11(16)10-12(2,3)13(10,4)5/h9-10,14H,6-8H2,1-5H3/t9-/m0/s1. The molecule has 1 heterocycles. The Kier molecular flexibility index (Phi) is 2.57. The maximum Gasteiger partial charge on any atom is 0.226 e. The van der Waals surface area contributed by atoms with Crippen LogP contribution in [0.3, 0.4) is 0 Å². The summed E-state index contributed by atoms with van der Waals surface area (Å²) in [4.78, 5) is 14.5. The maximum atomic E-state index is 12.4. The van der Waals surface area contributed by atoms with E-state index in [2.05, 4.69) is 39.9 Å². The Morgan fingerprint density at radius 2 is 1.81 bits per heavy atom. The molecule has 0 aromatic rings. The molecule has 0 aromatic carbocycles. The van der Waals surface area contributed by atoms with Crippen LogP contribution in [0.1, 0.15) is 34.6 Å². The van der Waals surface area contributed by atoms with Crippen LogP contribution in [0.5, 0.6) is 0 Å². The Labute approximate surface area is 98.6 Å². The molecule has 1 saturated heterocycles. The highest BCUT2D eigenvalue weighted by Crippen LogP contribution is 2.68. The average molecular weight is 224 g/mol. The third kappa shape index (κ3) is 1.56. The van der Waals surface area contributed by atoms with E-state index < -0.39 is 0 Å². The second kappa shape index (κ2) is 3.46. The quantitative estimate of drug-likeness (QED) is 0.732. The van der Waals surface area contributed by atoms with Crippen LogP contribution in [-0.2, 0) is 4.79 Å². The van der Waals surface area contributed by atoms with E-state index in [4.69, 9.17) is 0 Å². The fraction of sp³-hybridized carbons (Fsp3) is 0.923. The SMILES string of the molecule is C[C@H]1CN(C(=O)C2C(C)(C)C2(C)C)CCN1. The first-order chi connectivity index (χ1) is 7.28. The smallest absolute Gasteiger partial charge is 0.226 e. The van der Waals surface area contributed by atoms with Gasteiger partial charge >= 0.3 is 0 Å². The van der Waals surface area contributed by atoms with Crippen LogP contribution in [-0.4, -0.2) is 36.5 Å². The Balaban J connectivity index is 2.04. The van der Waals surface area contributed by atoms with Gasteiger partial charge in [-0.25, -0.2) is 0 Å². The first-order valence-corrected chi connectivity index (χ1v) is 6.30. The topological polar surface area (TPSA) is 32.3 Å². The average Bonchev–Trinajstić information content (AvgIpc) is 2.56. The summed E-state index contributed by atoms with van der Waals surface area (Å²) in [5.74, 6) is 0.577. The molecule has 0 aromatic heterocycles. The molecule has 1 atom stereocenters. The van der Waals surface area contributed by atoms with Crippen molar-refractivity contribution in [1.82, 2.24) is 10.2 Å². The molecule has 0 unspecified atom stereocenters. The number of nitrogens with zero attached hydrogens (tertiary/aromatic N) is 1. The van der Waals surface area contributed by atoms with Crippen LogP contribution in [0.4, 0.5) is 0 Å². The largest absolute Gasteiger partial charge is 0.340 e. The summed E-state index contributed by atoms with van der Waals surface area (Å²) in [7, 11) is 0. The molecule has 1 aliphatic carbocycles. The van der Waals surface area contributed by atoms with E-state index in [1.54, 1.807) is 0 Å². The predicted octanol–water partition coefficient (Wildman–Crippen LogP) is 1.49. The lowest BCUT2D eigenvalue weighted by molar-refractivity contribution is -0.135. The first-order valence-electron chi connectivity index (χ1n) is 6.30. The van der Waals surface area contributed by atoms with Gasteiger partial charge in [0.25, 0.3) is 0 Å². The van der Waals surface area contributed by atoms with Crippen molar-refractivity contribution in [2.75, 3.05) is 19.6 Å². The van der Waals surface area contributed by atoms with Crippen molar-refractivity contribution in [3.63, 3.8) is 0 Å². The highest BCUT2D eigenvalue weighted by atomic mass is 16.2. The van der Waals surface area contributed by atoms with Crippen LogP contribution in [0.2, 0.25) is 0 Å². The van der Waals surface area contributed by atoms with Gasteiger partial charge in [-0.1, -0.05) is 27.7 Å². The lowest BCUT2D eigenvalue weighted by Crippen LogP contribution is -2.52. The summed E-state index contributed by atoms with van der Waals surface area (Å²) in [6.07, 6.45) is 0. The summed E-state index contributed by atoms with van der Waals surface area (Å²) in [5, 5.41) is 3.37. The number of amides is 1. The van der Waals surface area contributed by atoms with E-state index in [0.717, 1.165) is 19.6 Å². The summed E-state index contributed by atoms with van der Waals surface area (Å²) in [5.41, 5.74) is 0.330. The van der Waals surface area contributed by atoms with Crippen molar-refractivity contribution < 1.29 is 4.79 Å². The zero-order valence-corrected chi connectivity index (χ0v) is 11.1. The second-order valence-electron chi connectivity index (χ2n) is 6.52. The second-order valence-corrected chi connectivity index (χ2v) is 6.52.